The van der Waals surface area contributed by atoms with Gasteiger partial charge in [0, 0.05) is 11.4 Å². The molecule has 0 N–H and O–H groups in total. The third-order valence-electron chi connectivity index (χ3n) is 6.12. The van der Waals surface area contributed by atoms with Crippen molar-refractivity contribution in [3.8, 4) is 11.5 Å². The summed E-state index contributed by atoms with van der Waals surface area (Å²) >= 11 is 1.85. The lowest BCUT2D eigenvalue weighted by molar-refractivity contribution is 0.302. The Balaban J connectivity index is 1.36. The third-order valence-corrected chi connectivity index (χ3v) is 7.39. The smallest absolute Gasteiger partial charge is 0.127 e. The molecule has 1 heterocycles. The number of rotatable bonds is 11. The Morgan fingerprint density at radius 3 is 2.17 bits per heavy atom. The lowest BCUT2D eigenvalue weighted by Gasteiger charge is -2.19. The van der Waals surface area contributed by atoms with Crippen molar-refractivity contribution in [3.63, 3.8) is 0 Å². The number of imidazole rings is 1. The van der Waals surface area contributed by atoms with E-state index in [-0.39, 0.29) is 5.25 Å². The number of hydrogen-bond donors (Lipinski definition) is 0. The minimum atomic E-state index is 0.0940. The van der Waals surface area contributed by atoms with Crippen LogP contribution in [0.3, 0.4) is 0 Å². The molecular formula is C31H30N2O2S. The highest BCUT2D eigenvalue weighted by atomic mass is 32.2. The summed E-state index contributed by atoms with van der Waals surface area (Å²) in [6, 6.07) is 37.5. The van der Waals surface area contributed by atoms with E-state index in [1.54, 1.807) is 7.11 Å². The molecule has 0 radical (unpaired) electrons. The molecule has 0 amide bonds. The molecule has 4 nitrogen and oxygen atoms in total. The molecule has 5 aromatic rings. The Hall–Kier alpha value is -3.70. The van der Waals surface area contributed by atoms with Crippen molar-refractivity contribution in [2.75, 3.05) is 13.7 Å². The van der Waals surface area contributed by atoms with Crippen LogP contribution in [0.15, 0.2) is 114 Å². The number of unbranched alkanes of at least 4 members (excludes halogenated alkanes) is 1. The van der Waals surface area contributed by atoms with Gasteiger partial charge in [0.25, 0.3) is 0 Å². The molecule has 0 spiro atoms. The zero-order chi connectivity index (χ0) is 24.6. The Labute approximate surface area is 216 Å². The summed E-state index contributed by atoms with van der Waals surface area (Å²) in [6.07, 6.45) is 1.96. The van der Waals surface area contributed by atoms with E-state index in [1.807, 2.05) is 36.0 Å². The van der Waals surface area contributed by atoms with Gasteiger partial charge >= 0.3 is 0 Å². The summed E-state index contributed by atoms with van der Waals surface area (Å²) in [6.45, 7) is 1.57. The van der Waals surface area contributed by atoms with Crippen LogP contribution in [0, 0.1) is 0 Å². The van der Waals surface area contributed by atoms with Gasteiger partial charge < -0.3 is 14.0 Å². The first-order chi connectivity index (χ1) is 17.8. The first-order valence-corrected chi connectivity index (χ1v) is 13.2. The summed E-state index contributed by atoms with van der Waals surface area (Å²) in [4.78, 5) is 6.38. The highest BCUT2D eigenvalue weighted by molar-refractivity contribution is 7.99. The van der Waals surface area contributed by atoms with Crippen LogP contribution >= 0.6 is 11.8 Å². The van der Waals surface area contributed by atoms with Crippen LogP contribution in [0.1, 0.15) is 29.5 Å². The number of fused-ring (bicyclic) bond motifs is 1. The van der Waals surface area contributed by atoms with Gasteiger partial charge in [0.15, 0.2) is 0 Å². The minimum Gasteiger partial charge on any atom is -0.497 e. The van der Waals surface area contributed by atoms with Crippen molar-refractivity contribution in [2.24, 2.45) is 0 Å². The fraction of sp³-hybridized carbons (Fsp3) is 0.194. The average Bonchev–Trinajstić information content (AvgIpc) is 3.31. The molecule has 4 aromatic carbocycles. The van der Waals surface area contributed by atoms with E-state index in [1.165, 1.54) is 16.0 Å². The predicted molar refractivity (Wildman–Crippen MR) is 148 cm³/mol. The van der Waals surface area contributed by atoms with Crippen LogP contribution in [-0.2, 0) is 6.54 Å². The van der Waals surface area contributed by atoms with Crippen LogP contribution < -0.4 is 9.47 Å². The molecule has 0 aliphatic rings. The molecule has 182 valence electrons. The number of nitrogens with zero attached hydrogens (tertiary/aromatic N) is 2. The minimum absolute atomic E-state index is 0.0940. The summed E-state index contributed by atoms with van der Waals surface area (Å²) < 4.78 is 13.6. The Kier molecular flexibility index (Phi) is 7.89. The fourth-order valence-corrected chi connectivity index (χ4v) is 5.46. The Morgan fingerprint density at radius 2 is 1.42 bits per heavy atom. The van der Waals surface area contributed by atoms with Crippen LogP contribution in [0.4, 0.5) is 0 Å². The van der Waals surface area contributed by atoms with Gasteiger partial charge in [-0.25, -0.2) is 4.98 Å². The second kappa shape index (κ2) is 11.8. The molecule has 0 saturated carbocycles. The molecule has 5 rings (SSSR count). The quantitative estimate of drug-likeness (QED) is 0.139. The average molecular weight is 495 g/mol. The third kappa shape index (κ3) is 5.74. The predicted octanol–water partition coefficient (Wildman–Crippen LogP) is 7.79. The molecule has 0 bridgehead atoms. The van der Waals surface area contributed by atoms with E-state index >= 15 is 0 Å². The summed E-state index contributed by atoms with van der Waals surface area (Å²) in [5, 5.41) is 0.0940. The van der Waals surface area contributed by atoms with Crippen LogP contribution in [0.25, 0.3) is 11.0 Å². The van der Waals surface area contributed by atoms with Gasteiger partial charge in [-0.05, 0) is 66.9 Å². The zero-order valence-corrected chi connectivity index (χ0v) is 21.2. The molecule has 36 heavy (non-hydrogen) atoms. The van der Waals surface area contributed by atoms with Gasteiger partial charge in [-0.15, -0.1) is 11.8 Å². The molecular weight excluding hydrogens is 464 g/mol. The van der Waals surface area contributed by atoms with Crippen molar-refractivity contribution in [3.05, 3.63) is 121 Å². The molecule has 0 saturated heterocycles. The Morgan fingerprint density at radius 1 is 0.750 bits per heavy atom. The molecule has 0 aliphatic carbocycles. The lowest BCUT2D eigenvalue weighted by atomic mass is 10.1. The Bertz CT molecular complexity index is 1370. The van der Waals surface area contributed by atoms with E-state index in [2.05, 4.69) is 89.5 Å². The zero-order valence-electron chi connectivity index (χ0n) is 20.4. The second-order valence-electron chi connectivity index (χ2n) is 8.56. The number of benzene rings is 4. The van der Waals surface area contributed by atoms with E-state index in [4.69, 9.17) is 14.5 Å². The lowest BCUT2D eigenvalue weighted by Crippen LogP contribution is -2.10. The molecule has 1 unspecified atom stereocenters. The highest BCUT2D eigenvalue weighted by Gasteiger charge is 2.23. The van der Waals surface area contributed by atoms with Gasteiger partial charge in [0.1, 0.15) is 17.3 Å². The normalized spacial score (nSPS) is 11.9. The monoisotopic (exact) mass is 494 g/mol. The first kappa shape index (κ1) is 24.0. The topological polar surface area (TPSA) is 36.3 Å². The van der Waals surface area contributed by atoms with Gasteiger partial charge in [0.2, 0.25) is 0 Å². The van der Waals surface area contributed by atoms with Crippen molar-refractivity contribution in [2.45, 2.75) is 29.5 Å². The van der Waals surface area contributed by atoms with Crippen molar-refractivity contribution >= 4 is 22.8 Å². The van der Waals surface area contributed by atoms with Crippen molar-refractivity contribution < 1.29 is 9.47 Å². The molecule has 1 aromatic heterocycles. The largest absolute Gasteiger partial charge is 0.497 e. The standard InChI is InChI=1S/C31H30N2O2S/c1-34-25-18-20-26(21-19-25)35-23-11-10-22-33-29-17-9-8-16-28(29)32-31(33)30(24-12-4-2-5-13-24)36-27-14-6-3-7-15-27/h2-9,12-21,30H,10-11,22-23H2,1H3. The summed E-state index contributed by atoms with van der Waals surface area (Å²) in [5.74, 6) is 2.79. The van der Waals surface area contributed by atoms with Crippen LogP contribution in [-0.4, -0.2) is 23.3 Å². The maximum atomic E-state index is 5.95. The van der Waals surface area contributed by atoms with Crippen molar-refractivity contribution in [1.82, 2.24) is 9.55 Å². The van der Waals surface area contributed by atoms with Gasteiger partial charge in [0.05, 0.1) is 30.0 Å². The van der Waals surface area contributed by atoms with Crippen molar-refractivity contribution in [1.29, 1.82) is 0 Å². The highest BCUT2D eigenvalue weighted by Crippen LogP contribution is 2.41. The molecule has 1 atom stereocenters. The first-order valence-electron chi connectivity index (χ1n) is 12.3. The van der Waals surface area contributed by atoms with E-state index in [0.717, 1.165) is 42.2 Å². The summed E-state index contributed by atoms with van der Waals surface area (Å²) in [5.41, 5.74) is 3.47. The van der Waals surface area contributed by atoms with Gasteiger partial charge in [-0.1, -0.05) is 60.7 Å². The number of thioether (sulfide) groups is 1. The number of aromatic nitrogens is 2. The van der Waals surface area contributed by atoms with E-state index < -0.39 is 0 Å². The molecule has 0 fully saturated rings. The number of ether oxygens (including phenoxy) is 2. The van der Waals surface area contributed by atoms with E-state index in [0.29, 0.717) is 6.61 Å². The van der Waals surface area contributed by atoms with E-state index in [9.17, 15) is 0 Å². The maximum Gasteiger partial charge on any atom is 0.127 e. The second-order valence-corrected chi connectivity index (χ2v) is 9.74. The van der Waals surface area contributed by atoms with Gasteiger partial charge in [-0.3, -0.25) is 0 Å². The maximum absolute atomic E-state index is 5.95. The van der Waals surface area contributed by atoms with Crippen LogP contribution in [0.2, 0.25) is 0 Å². The fourth-order valence-electron chi connectivity index (χ4n) is 4.30. The SMILES string of the molecule is COc1ccc(OCCCCn2c(C(Sc3ccccc3)c3ccccc3)nc3ccccc32)cc1. The summed E-state index contributed by atoms with van der Waals surface area (Å²) in [7, 11) is 1.67. The van der Waals surface area contributed by atoms with Crippen LogP contribution in [0.5, 0.6) is 11.5 Å². The molecule has 0 aliphatic heterocycles. The number of hydrogen-bond acceptors (Lipinski definition) is 4. The number of methoxy groups -OCH3 is 1. The molecule has 5 heteroatoms. The number of aryl methyl sites for hydroxylation is 1. The van der Waals surface area contributed by atoms with Gasteiger partial charge in [-0.2, -0.15) is 0 Å². The number of para-hydroxylation sites is 2.